The van der Waals surface area contributed by atoms with E-state index in [0.717, 1.165) is 0 Å². The van der Waals surface area contributed by atoms with E-state index in [-0.39, 0.29) is 29.6 Å². The third-order valence-electron chi connectivity index (χ3n) is 0.357. The summed E-state index contributed by atoms with van der Waals surface area (Å²) in [7, 11) is 0. The number of aliphatic carboxylic acids is 1. The Morgan fingerprint density at radius 1 is 1.71 bits per heavy atom. The van der Waals surface area contributed by atoms with Crippen molar-refractivity contribution in [3.05, 3.63) is 0 Å². The molecule has 4 heteroatoms. The topological polar surface area (TPSA) is 57.5 Å². The Hall–Kier alpha value is 0.430. The first-order chi connectivity index (χ1) is 2.64. The molecule has 0 saturated carbocycles. The van der Waals surface area contributed by atoms with Crippen LogP contribution in [0.25, 0.3) is 0 Å². The third kappa shape index (κ3) is 6.43. The zero-order valence-electron chi connectivity index (χ0n) is 4.38. The first kappa shape index (κ1) is 10.4. The molecule has 0 aromatic heterocycles. The maximum atomic E-state index is 9.45. The molecule has 0 rings (SSSR count). The number of hydrogen-bond acceptors (Lipinski definition) is 2. The minimum atomic E-state index is -1.23. The van der Waals surface area contributed by atoms with Crippen LogP contribution in [0.15, 0.2) is 0 Å². The smallest absolute Gasteiger partial charge is 0.332 e. The second kappa shape index (κ2) is 4.59. The van der Waals surface area contributed by atoms with Crippen molar-refractivity contribution in [3.63, 3.8) is 0 Å². The first-order valence-corrected chi connectivity index (χ1v) is 1.55. The van der Waals surface area contributed by atoms with Gasteiger partial charge in [0.2, 0.25) is 0 Å². The predicted octanol–water partition coefficient (Wildman–Crippen LogP) is -0.929. The van der Waals surface area contributed by atoms with Gasteiger partial charge in [-0.2, -0.15) is 0 Å². The van der Waals surface area contributed by atoms with E-state index in [1.165, 1.54) is 6.92 Å². The van der Waals surface area contributed by atoms with Gasteiger partial charge in [-0.1, -0.05) is 0 Å². The van der Waals surface area contributed by atoms with Gasteiger partial charge in [0, 0.05) is 29.6 Å². The molecule has 0 aromatic carbocycles. The molecular formula is C3H6NaO3. The summed E-state index contributed by atoms with van der Waals surface area (Å²) in [6.45, 7) is 1.20. The van der Waals surface area contributed by atoms with E-state index in [1.807, 2.05) is 0 Å². The van der Waals surface area contributed by atoms with Crippen LogP contribution in [0.3, 0.4) is 0 Å². The van der Waals surface area contributed by atoms with Crippen molar-refractivity contribution in [3.8, 4) is 0 Å². The summed E-state index contributed by atoms with van der Waals surface area (Å²) in [6, 6.07) is 0. The molecule has 37 valence electrons. The fraction of sp³-hybridized carbons (Fsp3) is 0.667. The van der Waals surface area contributed by atoms with E-state index in [1.54, 1.807) is 0 Å². The fourth-order valence-electron chi connectivity index (χ4n) is 0. The molecule has 3 nitrogen and oxygen atoms in total. The van der Waals surface area contributed by atoms with E-state index in [9.17, 15) is 4.79 Å². The van der Waals surface area contributed by atoms with Gasteiger partial charge < -0.3 is 10.2 Å². The van der Waals surface area contributed by atoms with E-state index >= 15 is 0 Å². The van der Waals surface area contributed by atoms with Crippen molar-refractivity contribution in [1.29, 1.82) is 0 Å². The number of hydrogen-bond donors (Lipinski definition) is 2. The SMILES string of the molecule is [13CH3][C@H](O)C(=O)O.[Na]. The standard InChI is InChI=1S/C3H6O3.Na/c1-2(4)3(5)6;/h2,4H,1H3,(H,5,6);/t2-;/m0./s1/i1+1;. The van der Waals surface area contributed by atoms with Gasteiger partial charge in [-0.25, -0.2) is 4.79 Å². The monoisotopic (exact) mass is 114 g/mol. The normalized spacial score (nSPS) is 11.7. The van der Waals surface area contributed by atoms with Crippen LogP contribution in [0.1, 0.15) is 6.92 Å². The summed E-state index contributed by atoms with van der Waals surface area (Å²) in [6.07, 6.45) is -1.23. The Kier molecular flexibility index (Phi) is 6.82. The van der Waals surface area contributed by atoms with Crippen LogP contribution in [0.4, 0.5) is 0 Å². The molecule has 0 aliphatic rings. The van der Waals surface area contributed by atoms with E-state index in [0.29, 0.717) is 0 Å². The number of carbonyl (C=O) groups is 1. The maximum absolute atomic E-state index is 9.45. The predicted molar refractivity (Wildman–Crippen MR) is 25.1 cm³/mol. The van der Waals surface area contributed by atoms with Gasteiger partial charge in [-0.3, -0.25) is 0 Å². The zero-order chi connectivity index (χ0) is 5.15. The molecular weight excluding hydrogens is 108 g/mol. The summed E-state index contributed by atoms with van der Waals surface area (Å²) >= 11 is 0. The van der Waals surface area contributed by atoms with Crippen molar-refractivity contribution in [1.82, 2.24) is 0 Å². The summed E-state index contributed by atoms with van der Waals surface area (Å²) in [5.74, 6) is -1.19. The Morgan fingerprint density at radius 3 is 1.86 bits per heavy atom. The van der Waals surface area contributed by atoms with Crippen LogP contribution in [0, 0.1) is 0 Å². The summed E-state index contributed by atoms with van der Waals surface area (Å²) < 4.78 is 0. The van der Waals surface area contributed by atoms with Crippen LogP contribution in [0.2, 0.25) is 0 Å². The molecule has 0 aromatic rings. The molecule has 0 amide bonds. The van der Waals surface area contributed by atoms with E-state index in [2.05, 4.69) is 0 Å². The quantitative estimate of drug-likeness (QED) is 0.342. The van der Waals surface area contributed by atoms with Crippen LogP contribution >= 0.6 is 0 Å². The molecule has 0 aliphatic heterocycles. The van der Waals surface area contributed by atoms with Gasteiger partial charge in [0.1, 0.15) is 6.10 Å². The van der Waals surface area contributed by atoms with Crippen molar-refractivity contribution < 1.29 is 15.0 Å². The summed E-state index contributed by atoms with van der Waals surface area (Å²) in [4.78, 5) is 9.45. The van der Waals surface area contributed by atoms with Gasteiger partial charge in [-0.05, 0) is 6.92 Å². The van der Waals surface area contributed by atoms with Crippen molar-refractivity contribution in [2.45, 2.75) is 13.0 Å². The largest absolute Gasteiger partial charge is 0.479 e. The number of aliphatic hydroxyl groups is 1. The molecule has 1 radical (unpaired) electrons. The summed E-state index contributed by atoms with van der Waals surface area (Å²) in [5, 5.41) is 15.8. The van der Waals surface area contributed by atoms with Crippen molar-refractivity contribution in [2.24, 2.45) is 0 Å². The number of carboxylic acid groups (broad SMARTS) is 1. The second-order valence-corrected chi connectivity index (χ2v) is 1.01. The molecule has 0 spiro atoms. The first-order valence-electron chi connectivity index (χ1n) is 1.55. The van der Waals surface area contributed by atoms with Gasteiger partial charge in [-0.15, -0.1) is 0 Å². The minimum absolute atomic E-state index is 0. The molecule has 0 unspecified atom stereocenters. The maximum Gasteiger partial charge on any atom is 0.332 e. The van der Waals surface area contributed by atoms with Gasteiger partial charge >= 0.3 is 5.97 Å². The van der Waals surface area contributed by atoms with Gasteiger partial charge in [0.25, 0.3) is 0 Å². The zero-order valence-corrected chi connectivity index (χ0v) is 6.38. The molecule has 2 N–H and O–H groups in total. The molecule has 7 heavy (non-hydrogen) atoms. The molecule has 0 saturated heterocycles. The van der Waals surface area contributed by atoms with Crippen LogP contribution in [-0.4, -0.2) is 51.8 Å². The third-order valence-corrected chi connectivity index (χ3v) is 0.357. The molecule has 0 heterocycles. The van der Waals surface area contributed by atoms with Crippen LogP contribution in [-0.2, 0) is 4.79 Å². The number of aliphatic hydroxyl groups excluding tert-OH is 1. The average Bonchev–Trinajstić information content (AvgIpc) is 1.36. The Labute approximate surface area is 63.6 Å². The Morgan fingerprint density at radius 2 is 1.86 bits per heavy atom. The number of rotatable bonds is 1. The van der Waals surface area contributed by atoms with Crippen molar-refractivity contribution in [2.75, 3.05) is 0 Å². The van der Waals surface area contributed by atoms with Crippen LogP contribution < -0.4 is 0 Å². The summed E-state index contributed by atoms with van der Waals surface area (Å²) in [5.41, 5.74) is 0. The van der Waals surface area contributed by atoms with Crippen LogP contribution in [0.5, 0.6) is 0 Å². The minimum Gasteiger partial charge on any atom is -0.479 e. The van der Waals surface area contributed by atoms with Gasteiger partial charge in [0.05, 0.1) is 0 Å². The number of carboxylic acids is 1. The second-order valence-electron chi connectivity index (χ2n) is 1.01. The fourth-order valence-corrected chi connectivity index (χ4v) is 0. The van der Waals surface area contributed by atoms with Crippen molar-refractivity contribution >= 4 is 35.5 Å². The van der Waals surface area contributed by atoms with E-state index < -0.39 is 12.1 Å². The molecule has 0 bridgehead atoms. The Bertz CT molecular complexity index is 61.2. The van der Waals surface area contributed by atoms with E-state index in [4.69, 9.17) is 10.2 Å². The average molecular weight is 114 g/mol. The molecule has 0 aliphatic carbocycles. The molecule has 0 fully saturated rings. The van der Waals surface area contributed by atoms with Gasteiger partial charge in [0.15, 0.2) is 0 Å². The Balaban J connectivity index is 0. The molecule has 1 atom stereocenters.